The molecule has 92 valence electrons. The second kappa shape index (κ2) is 4.22. The Hall–Kier alpha value is -1.22. The smallest absolute Gasteiger partial charge is 0.126 e. The number of benzene rings is 1. The maximum absolute atomic E-state index is 5.82. The van der Waals surface area contributed by atoms with Gasteiger partial charge in [-0.3, -0.25) is 0 Å². The maximum Gasteiger partial charge on any atom is 0.126 e. The van der Waals surface area contributed by atoms with E-state index in [4.69, 9.17) is 9.47 Å². The fourth-order valence-corrected chi connectivity index (χ4v) is 2.71. The summed E-state index contributed by atoms with van der Waals surface area (Å²) in [6, 6.07) is 2.65. The highest BCUT2D eigenvalue weighted by molar-refractivity contribution is 5.56. The van der Waals surface area contributed by atoms with Gasteiger partial charge in [0.15, 0.2) is 0 Å². The molecule has 1 aromatic carbocycles. The van der Waals surface area contributed by atoms with E-state index in [1.165, 1.54) is 16.7 Å². The molecule has 0 fully saturated rings. The summed E-state index contributed by atoms with van der Waals surface area (Å²) in [5, 5.41) is 3.30. The lowest BCUT2D eigenvalue weighted by molar-refractivity contribution is 0.351. The van der Waals surface area contributed by atoms with E-state index in [-0.39, 0.29) is 0 Å². The first kappa shape index (κ1) is 10.9. The van der Waals surface area contributed by atoms with Crippen molar-refractivity contribution in [1.82, 2.24) is 5.32 Å². The minimum Gasteiger partial charge on any atom is -0.493 e. The number of likely N-dealkylation sites (N-methyl/N-ethyl adjacent to an activating group) is 1. The number of hydrogen-bond donors (Lipinski definition) is 1. The zero-order valence-corrected chi connectivity index (χ0v) is 10.5. The molecule has 3 rings (SSSR count). The lowest BCUT2D eigenvalue weighted by Gasteiger charge is -2.16. The normalized spacial score (nSPS) is 18.2. The quantitative estimate of drug-likeness (QED) is 0.862. The summed E-state index contributed by atoms with van der Waals surface area (Å²) in [5.41, 5.74) is 4.06. The van der Waals surface area contributed by atoms with E-state index in [0.29, 0.717) is 6.04 Å². The van der Waals surface area contributed by atoms with Crippen LogP contribution in [0.2, 0.25) is 0 Å². The van der Waals surface area contributed by atoms with Crippen LogP contribution in [-0.2, 0) is 19.3 Å². The minimum absolute atomic E-state index is 0.468. The predicted octanol–water partition coefficient (Wildman–Crippen LogP) is 1.71. The maximum atomic E-state index is 5.82. The second-order valence-electron chi connectivity index (χ2n) is 4.91. The van der Waals surface area contributed by atoms with Crippen LogP contribution in [0.5, 0.6) is 11.5 Å². The summed E-state index contributed by atoms with van der Waals surface area (Å²) < 4.78 is 11.5. The molecule has 17 heavy (non-hydrogen) atoms. The van der Waals surface area contributed by atoms with Gasteiger partial charge in [-0.25, -0.2) is 0 Å². The second-order valence-corrected chi connectivity index (χ2v) is 4.91. The molecule has 3 heteroatoms. The van der Waals surface area contributed by atoms with Gasteiger partial charge in [-0.05, 0) is 26.5 Å². The minimum atomic E-state index is 0.468. The van der Waals surface area contributed by atoms with Crippen molar-refractivity contribution < 1.29 is 9.47 Å². The highest BCUT2D eigenvalue weighted by Gasteiger charge is 2.26. The van der Waals surface area contributed by atoms with E-state index in [0.717, 1.165) is 44.0 Å². The van der Waals surface area contributed by atoms with Crippen LogP contribution in [0.3, 0.4) is 0 Å². The number of rotatable bonds is 3. The van der Waals surface area contributed by atoms with E-state index in [1.54, 1.807) is 0 Å². The molecule has 1 N–H and O–H groups in total. The lowest BCUT2D eigenvalue weighted by Crippen LogP contribution is -2.24. The van der Waals surface area contributed by atoms with Crippen LogP contribution in [0.15, 0.2) is 6.07 Å². The van der Waals surface area contributed by atoms with Crippen LogP contribution in [-0.4, -0.2) is 26.3 Å². The fourth-order valence-electron chi connectivity index (χ4n) is 2.71. The molecule has 2 aliphatic heterocycles. The zero-order valence-electron chi connectivity index (χ0n) is 10.5. The molecule has 0 spiro atoms. The summed E-state index contributed by atoms with van der Waals surface area (Å²) in [6.07, 6.45) is 3.07. The molecule has 0 radical (unpaired) electrons. The topological polar surface area (TPSA) is 30.5 Å². The average molecular weight is 233 g/mol. The van der Waals surface area contributed by atoms with Crippen LogP contribution >= 0.6 is 0 Å². The van der Waals surface area contributed by atoms with E-state index >= 15 is 0 Å². The van der Waals surface area contributed by atoms with Gasteiger partial charge in [0.05, 0.1) is 13.2 Å². The van der Waals surface area contributed by atoms with E-state index in [2.05, 4.69) is 18.3 Å². The van der Waals surface area contributed by atoms with Crippen molar-refractivity contribution in [2.45, 2.75) is 32.2 Å². The van der Waals surface area contributed by atoms with Crippen LogP contribution in [0.1, 0.15) is 23.6 Å². The van der Waals surface area contributed by atoms with Crippen LogP contribution in [0.25, 0.3) is 0 Å². The Morgan fingerprint density at radius 3 is 2.94 bits per heavy atom. The van der Waals surface area contributed by atoms with Crippen molar-refractivity contribution in [3.05, 3.63) is 22.8 Å². The van der Waals surface area contributed by atoms with Gasteiger partial charge in [-0.15, -0.1) is 0 Å². The number of hydrogen-bond acceptors (Lipinski definition) is 3. The van der Waals surface area contributed by atoms with E-state index in [1.807, 2.05) is 7.05 Å². The molecule has 0 amide bonds. The summed E-state index contributed by atoms with van der Waals surface area (Å²) in [6.45, 7) is 3.84. The van der Waals surface area contributed by atoms with Gasteiger partial charge >= 0.3 is 0 Å². The monoisotopic (exact) mass is 233 g/mol. The van der Waals surface area contributed by atoms with Crippen molar-refractivity contribution >= 4 is 0 Å². The van der Waals surface area contributed by atoms with Gasteiger partial charge < -0.3 is 14.8 Å². The van der Waals surface area contributed by atoms with Gasteiger partial charge in [-0.2, -0.15) is 0 Å². The summed E-state index contributed by atoms with van der Waals surface area (Å²) >= 11 is 0. The molecule has 2 heterocycles. The first-order valence-corrected chi connectivity index (χ1v) is 6.40. The molecule has 1 unspecified atom stereocenters. The Morgan fingerprint density at radius 1 is 1.29 bits per heavy atom. The van der Waals surface area contributed by atoms with Gasteiger partial charge in [0.1, 0.15) is 11.5 Å². The largest absolute Gasteiger partial charge is 0.493 e. The van der Waals surface area contributed by atoms with Crippen molar-refractivity contribution in [3.8, 4) is 11.5 Å². The molecule has 0 saturated heterocycles. The highest BCUT2D eigenvalue weighted by atomic mass is 16.5. The molecule has 0 aromatic heterocycles. The molecule has 0 bridgehead atoms. The van der Waals surface area contributed by atoms with Crippen LogP contribution in [0.4, 0.5) is 0 Å². The third kappa shape index (κ3) is 1.78. The Labute approximate surface area is 102 Å². The number of fused-ring (bicyclic) bond motifs is 2. The molecule has 0 aliphatic carbocycles. The van der Waals surface area contributed by atoms with Crippen molar-refractivity contribution in [3.63, 3.8) is 0 Å². The first-order valence-electron chi connectivity index (χ1n) is 6.40. The standard InChI is InChI=1S/C14H19NO2/c1-9(15-2)7-12-11-4-6-16-13(11)8-10-3-5-17-14(10)12/h8-9,15H,3-7H2,1-2H3. The molecule has 3 nitrogen and oxygen atoms in total. The Kier molecular flexibility index (Phi) is 2.71. The summed E-state index contributed by atoms with van der Waals surface area (Å²) in [5.74, 6) is 2.23. The third-order valence-electron chi connectivity index (χ3n) is 3.76. The van der Waals surface area contributed by atoms with Crippen molar-refractivity contribution in [1.29, 1.82) is 0 Å². The summed E-state index contributed by atoms with van der Waals surface area (Å²) in [7, 11) is 2.01. The van der Waals surface area contributed by atoms with Crippen LogP contribution in [0, 0.1) is 0 Å². The zero-order chi connectivity index (χ0) is 11.8. The molecule has 1 aromatic rings. The predicted molar refractivity (Wildman–Crippen MR) is 67.1 cm³/mol. The molecule has 2 aliphatic rings. The Morgan fingerprint density at radius 2 is 2.12 bits per heavy atom. The Balaban J connectivity index is 2.05. The third-order valence-corrected chi connectivity index (χ3v) is 3.76. The highest BCUT2D eigenvalue weighted by Crippen LogP contribution is 2.41. The van der Waals surface area contributed by atoms with Gasteiger partial charge in [0, 0.05) is 35.6 Å². The van der Waals surface area contributed by atoms with Gasteiger partial charge in [0.2, 0.25) is 0 Å². The average Bonchev–Trinajstić information content (AvgIpc) is 2.96. The molecular formula is C14H19NO2. The molecule has 1 atom stereocenters. The number of nitrogens with one attached hydrogen (secondary N) is 1. The van der Waals surface area contributed by atoms with E-state index in [9.17, 15) is 0 Å². The fraction of sp³-hybridized carbons (Fsp3) is 0.571. The summed E-state index contributed by atoms with van der Waals surface area (Å²) in [4.78, 5) is 0. The van der Waals surface area contributed by atoms with E-state index < -0.39 is 0 Å². The van der Waals surface area contributed by atoms with Gasteiger partial charge in [-0.1, -0.05) is 0 Å². The van der Waals surface area contributed by atoms with Gasteiger partial charge in [0.25, 0.3) is 0 Å². The molecular weight excluding hydrogens is 214 g/mol. The SMILES string of the molecule is CNC(C)Cc1c2c(cc3c1OCC3)OCC2. The lowest BCUT2D eigenvalue weighted by atomic mass is 9.95. The first-order chi connectivity index (χ1) is 8.29. The Bertz CT molecular complexity index is 410. The van der Waals surface area contributed by atoms with Crippen molar-refractivity contribution in [2.75, 3.05) is 20.3 Å². The number of ether oxygens (including phenoxy) is 2. The molecule has 0 saturated carbocycles. The van der Waals surface area contributed by atoms with Crippen LogP contribution < -0.4 is 14.8 Å². The van der Waals surface area contributed by atoms with Crippen molar-refractivity contribution in [2.24, 2.45) is 0 Å².